The Balaban J connectivity index is 2.84. The van der Waals surface area contributed by atoms with Crippen molar-refractivity contribution in [3.05, 3.63) is 0 Å². The van der Waals surface area contributed by atoms with Gasteiger partial charge in [-0.3, -0.25) is 4.79 Å². The Morgan fingerprint density at radius 3 is 2.86 bits per heavy atom. The summed E-state index contributed by atoms with van der Waals surface area (Å²) in [5.41, 5.74) is 4.84. The Kier molecular flexibility index (Phi) is 3.89. The predicted molar refractivity (Wildman–Crippen MR) is 54.9 cm³/mol. The second kappa shape index (κ2) is 4.75. The van der Waals surface area contributed by atoms with E-state index in [1.54, 1.807) is 7.11 Å². The van der Waals surface area contributed by atoms with Crippen molar-refractivity contribution >= 4 is 5.91 Å². The standard InChI is InChI=1S/C10H20N2O2/c1-3-12-10(9(11)13)7-5-4-6-8(10)14-2/h8,12H,3-7H2,1-2H3,(H2,11,13). The van der Waals surface area contributed by atoms with Gasteiger partial charge in [-0.15, -0.1) is 0 Å². The van der Waals surface area contributed by atoms with Crippen molar-refractivity contribution < 1.29 is 9.53 Å². The molecule has 0 aliphatic heterocycles. The number of hydrogen-bond donors (Lipinski definition) is 2. The molecular formula is C10H20N2O2. The number of nitrogens with two attached hydrogens (primary N) is 1. The number of hydrogen-bond acceptors (Lipinski definition) is 3. The van der Waals surface area contributed by atoms with E-state index in [0.29, 0.717) is 0 Å². The minimum atomic E-state index is -0.637. The number of methoxy groups -OCH3 is 1. The Morgan fingerprint density at radius 1 is 1.64 bits per heavy atom. The molecule has 3 N–H and O–H groups in total. The number of nitrogens with one attached hydrogen (secondary N) is 1. The molecule has 1 saturated carbocycles. The lowest BCUT2D eigenvalue weighted by Crippen LogP contribution is -2.64. The molecule has 0 saturated heterocycles. The maximum Gasteiger partial charge on any atom is 0.240 e. The van der Waals surface area contributed by atoms with Gasteiger partial charge in [0.25, 0.3) is 0 Å². The lowest BCUT2D eigenvalue weighted by Gasteiger charge is -2.41. The highest BCUT2D eigenvalue weighted by Crippen LogP contribution is 2.30. The second-order valence-electron chi connectivity index (χ2n) is 3.84. The number of carbonyl (C=O) groups is 1. The Morgan fingerprint density at radius 2 is 2.36 bits per heavy atom. The van der Waals surface area contributed by atoms with E-state index in [1.807, 2.05) is 6.92 Å². The number of ether oxygens (including phenoxy) is 1. The minimum absolute atomic E-state index is 0.0753. The molecule has 82 valence electrons. The first-order valence-electron chi connectivity index (χ1n) is 5.25. The second-order valence-corrected chi connectivity index (χ2v) is 3.84. The van der Waals surface area contributed by atoms with Crippen LogP contribution in [0, 0.1) is 0 Å². The van der Waals surface area contributed by atoms with E-state index in [9.17, 15) is 4.79 Å². The Hall–Kier alpha value is -0.610. The van der Waals surface area contributed by atoms with Gasteiger partial charge in [0.1, 0.15) is 5.54 Å². The molecule has 2 unspecified atom stereocenters. The maximum atomic E-state index is 11.5. The van der Waals surface area contributed by atoms with Gasteiger partial charge in [0, 0.05) is 7.11 Å². The molecule has 0 heterocycles. The van der Waals surface area contributed by atoms with E-state index >= 15 is 0 Å². The summed E-state index contributed by atoms with van der Waals surface area (Å²) in [7, 11) is 1.64. The van der Waals surface area contributed by atoms with Crippen LogP contribution < -0.4 is 11.1 Å². The Bertz CT molecular complexity index is 204. The molecule has 4 heteroatoms. The summed E-state index contributed by atoms with van der Waals surface area (Å²) < 4.78 is 5.36. The molecule has 1 fully saturated rings. The smallest absolute Gasteiger partial charge is 0.240 e. The highest BCUT2D eigenvalue weighted by atomic mass is 16.5. The van der Waals surface area contributed by atoms with Crippen molar-refractivity contribution in [3.8, 4) is 0 Å². The zero-order valence-corrected chi connectivity index (χ0v) is 9.01. The van der Waals surface area contributed by atoms with Gasteiger partial charge in [-0.25, -0.2) is 0 Å². The van der Waals surface area contributed by atoms with Gasteiger partial charge in [0.15, 0.2) is 0 Å². The SMILES string of the molecule is CCNC1(C(N)=O)CCCCC1OC. The molecule has 0 bridgehead atoms. The van der Waals surface area contributed by atoms with Crippen LogP contribution >= 0.6 is 0 Å². The van der Waals surface area contributed by atoms with Crippen LogP contribution in [0.5, 0.6) is 0 Å². The van der Waals surface area contributed by atoms with Gasteiger partial charge in [0.2, 0.25) is 5.91 Å². The van der Waals surface area contributed by atoms with Crippen molar-refractivity contribution in [1.82, 2.24) is 5.32 Å². The van der Waals surface area contributed by atoms with Crippen LogP contribution in [-0.2, 0) is 9.53 Å². The van der Waals surface area contributed by atoms with Crippen LogP contribution in [0.1, 0.15) is 32.6 Å². The normalized spacial score (nSPS) is 32.9. The number of likely N-dealkylation sites (N-methyl/N-ethyl adjacent to an activating group) is 1. The van der Waals surface area contributed by atoms with Crippen LogP contribution in [0.25, 0.3) is 0 Å². The van der Waals surface area contributed by atoms with Crippen molar-refractivity contribution in [2.75, 3.05) is 13.7 Å². The third kappa shape index (κ3) is 1.91. The van der Waals surface area contributed by atoms with Crippen molar-refractivity contribution in [2.24, 2.45) is 5.73 Å². The van der Waals surface area contributed by atoms with E-state index in [-0.39, 0.29) is 12.0 Å². The van der Waals surface area contributed by atoms with Crippen LogP contribution in [0.2, 0.25) is 0 Å². The molecule has 4 nitrogen and oxygen atoms in total. The lowest BCUT2D eigenvalue weighted by atomic mass is 9.78. The molecule has 2 atom stereocenters. The highest BCUT2D eigenvalue weighted by Gasteiger charge is 2.45. The summed E-state index contributed by atoms with van der Waals surface area (Å²) in [5.74, 6) is -0.286. The molecule has 1 aliphatic carbocycles. The van der Waals surface area contributed by atoms with Gasteiger partial charge >= 0.3 is 0 Å². The average Bonchev–Trinajstić information content (AvgIpc) is 2.18. The van der Waals surface area contributed by atoms with Gasteiger partial charge in [-0.05, 0) is 19.4 Å². The fraction of sp³-hybridized carbons (Fsp3) is 0.900. The van der Waals surface area contributed by atoms with Crippen molar-refractivity contribution in [2.45, 2.75) is 44.2 Å². The molecule has 14 heavy (non-hydrogen) atoms. The first-order chi connectivity index (χ1) is 6.67. The van der Waals surface area contributed by atoms with E-state index in [2.05, 4.69) is 5.32 Å². The van der Waals surface area contributed by atoms with E-state index < -0.39 is 5.54 Å². The summed E-state index contributed by atoms with van der Waals surface area (Å²) >= 11 is 0. The van der Waals surface area contributed by atoms with Crippen LogP contribution in [0.3, 0.4) is 0 Å². The average molecular weight is 200 g/mol. The summed E-state index contributed by atoms with van der Waals surface area (Å²) in [6.45, 7) is 2.72. The van der Waals surface area contributed by atoms with E-state index in [1.165, 1.54) is 0 Å². The van der Waals surface area contributed by atoms with Crippen LogP contribution in [0.15, 0.2) is 0 Å². The minimum Gasteiger partial charge on any atom is -0.379 e. The summed E-state index contributed by atoms with van der Waals surface area (Å²) in [5, 5.41) is 3.20. The summed E-state index contributed by atoms with van der Waals surface area (Å²) in [6, 6.07) is 0. The number of primary amides is 1. The fourth-order valence-corrected chi connectivity index (χ4v) is 2.35. The lowest BCUT2D eigenvalue weighted by molar-refractivity contribution is -0.133. The first-order valence-corrected chi connectivity index (χ1v) is 5.25. The molecule has 1 aliphatic rings. The van der Waals surface area contributed by atoms with Gasteiger partial charge in [-0.1, -0.05) is 19.8 Å². The zero-order valence-electron chi connectivity index (χ0n) is 9.01. The zero-order chi connectivity index (χ0) is 10.6. The third-order valence-corrected chi connectivity index (χ3v) is 3.05. The van der Waals surface area contributed by atoms with Crippen LogP contribution in [-0.4, -0.2) is 31.2 Å². The topological polar surface area (TPSA) is 64.3 Å². The third-order valence-electron chi connectivity index (χ3n) is 3.05. The van der Waals surface area contributed by atoms with Gasteiger partial charge in [0.05, 0.1) is 6.10 Å². The first kappa shape index (κ1) is 11.5. The highest BCUT2D eigenvalue weighted by molar-refractivity contribution is 5.85. The molecule has 0 aromatic heterocycles. The monoisotopic (exact) mass is 200 g/mol. The van der Waals surface area contributed by atoms with Gasteiger partial charge in [-0.2, -0.15) is 0 Å². The molecule has 1 rings (SSSR count). The quantitative estimate of drug-likeness (QED) is 0.691. The predicted octanol–water partition coefficient (Wildman–Crippen LogP) is 0.409. The summed E-state index contributed by atoms with van der Waals surface area (Å²) in [4.78, 5) is 11.5. The van der Waals surface area contributed by atoms with E-state index in [4.69, 9.17) is 10.5 Å². The molecule has 1 amide bonds. The maximum absolute atomic E-state index is 11.5. The fourth-order valence-electron chi connectivity index (χ4n) is 2.35. The molecule has 0 spiro atoms. The Labute approximate surface area is 85.2 Å². The van der Waals surface area contributed by atoms with Crippen molar-refractivity contribution in [1.29, 1.82) is 0 Å². The largest absolute Gasteiger partial charge is 0.379 e. The summed E-state index contributed by atoms with van der Waals surface area (Å²) in [6.07, 6.45) is 3.77. The van der Waals surface area contributed by atoms with Crippen LogP contribution in [0.4, 0.5) is 0 Å². The molecule has 0 radical (unpaired) electrons. The molecule has 0 aromatic rings. The van der Waals surface area contributed by atoms with E-state index in [0.717, 1.165) is 32.2 Å². The van der Waals surface area contributed by atoms with Crippen molar-refractivity contribution in [3.63, 3.8) is 0 Å². The van der Waals surface area contributed by atoms with Gasteiger partial charge < -0.3 is 15.8 Å². The molecular weight excluding hydrogens is 180 g/mol. The number of rotatable bonds is 4. The molecule has 0 aromatic carbocycles. The number of amides is 1. The number of carbonyl (C=O) groups excluding carboxylic acids is 1.